The van der Waals surface area contributed by atoms with Crippen LogP contribution in [-0.2, 0) is 12.2 Å². The van der Waals surface area contributed by atoms with E-state index in [9.17, 15) is 0 Å². The lowest BCUT2D eigenvalue weighted by Crippen LogP contribution is -2.30. The van der Waals surface area contributed by atoms with Crippen LogP contribution in [-0.4, -0.2) is 12.3 Å². The zero-order chi connectivity index (χ0) is 13.9. The maximum Gasteiger partial charge on any atom is 0.0443 e. The van der Waals surface area contributed by atoms with Gasteiger partial charge in [0.2, 0.25) is 0 Å². The second-order valence-electron chi connectivity index (χ2n) is 6.47. The number of hydrogen-bond donors (Lipinski definition) is 1. The second kappa shape index (κ2) is 6.85. The van der Waals surface area contributed by atoms with E-state index < -0.39 is 0 Å². The lowest BCUT2D eigenvalue weighted by atomic mass is 9.78. The number of thioether (sulfide) groups is 1. The SMILES string of the molecule is CCNC(c1cc2c(s1)CCSC2)C1CCCC(C)C1. The summed E-state index contributed by atoms with van der Waals surface area (Å²) in [4.78, 5) is 3.30. The van der Waals surface area contributed by atoms with Crippen molar-refractivity contribution in [2.24, 2.45) is 11.8 Å². The molecule has 0 aromatic carbocycles. The van der Waals surface area contributed by atoms with Gasteiger partial charge in [0.25, 0.3) is 0 Å². The van der Waals surface area contributed by atoms with Crippen molar-refractivity contribution in [2.45, 2.75) is 57.7 Å². The van der Waals surface area contributed by atoms with Crippen molar-refractivity contribution in [3.05, 3.63) is 21.4 Å². The quantitative estimate of drug-likeness (QED) is 0.838. The van der Waals surface area contributed by atoms with Gasteiger partial charge >= 0.3 is 0 Å². The molecule has 2 heterocycles. The molecule has 3 atom stereocenters. The van der Waals surface area contributed by atoms with Crippen LogP contribution in [0, 0.1) is 11.8 Å². The highest BCUT2D eigenvalue weighted by molar-refractivity contribution is 7.98. The molecular formula is C17H27NS2. The third kappa shape index (κ3) is 3.26. The summed E-state index contributed by atoms with van der Waals surface area (Å²) in [7, 11) is 0. The average Bonchev–Trinajstić information content (AvgIpc) is 2.88. The maximum atomic E-state index is 3.80. The van der Waals surface area contributed by atoms with E-state index in [1.807, 2.05) is 0 Å². The van der Waals surface area contributed by atoms with Crippen LogP contribution in [0.3, 0.4) is 0 Å². The van der Waals surface area contributed by atoms with Crippen LogP contribution < -0.4 is 5.32 Å². The Morgan fingerprint density at radius 2 is 2.30 bits per heavy atom. The molecule has 1 aliphatic carbocycles. The molecule has 3 heteroatoms. The Morgan fingerprint density at radius 3 is 3.05 bits per heavy atom. The average molecular weight is 310 g/mol. The number of rotatable bonds is 4. The van der Waals surface area contributed by atoms with Crippen LogP contribution in [0.2, 0.25) is 0 Å². The molecule has 1 saturated carbocycles. The summed E-state index contributed by atoms with van der Waals surface area (Å²) in [5.41, 5.74) is 1.63. The Hall–Kier alpha value is 0.01000. The molecule has 0 radical (unpaired) electrons. The molecular weight excluding hydrogens is 282 g/mol. The maximum absolute atomic E-state index is 3.80. The van der Waals surface area contributed by atoms with Crippen LogP contribution >= 0.6 is 23.1 Å². The van der Waals surface area contributed by atoms with Gasteiger partial charge in [-0.3, -0.25) is 0 Å². The fourth-order valence-corrected chi connectivity index (χ4v) is 6.37. The third-order valence-electron chi connectivity index (χ3n) is 4.83. The first-order valence-corrected chi connectivity index (χ1v) is 10.2. The fourth-order valence-electron chi connectivity index (χ4n) is 3.83. The van der Waals surface area contributed by atoms with Crippen LogP contribution in [0.15, 0.2) is 6.07 Å². The van der Waals surface area contributed by atoms with Gasteiger partial charge in [0.05, 0.1) is 0 Å². The lowest BCUT2D eigenvalue weighted by molar-refractivity contribution is 0.227. The van der Waals surface area contributed by atoms with E-state index in [4.69, 9.17) is 0 Å². The summed E-state index contributed by atoms with van der Waals surface area (Å²) < 4.78 is 0. The van der Waals surface area contributed by atoms with Gasteiger partial charge in [0.15, 0.2) is 0 Å². The molecule has 20 heavy (non-hydrogen) atoms. The van der Waals surface area contributed by atoms with E-state index in [-0.39, 0.29) is 0 Å². The van der Waals surface area contributed by atoms with E-state index in [0.717, 1.165) is 18.4 Å². The van der Waals surface area contributed by atoms with Crippen molar-refractivity contribution in [1.29, 1.82) is 0 Å². The molecule has 1 aromatic rings. The lowest BCUT2D eigenvalue weighted by Gasteiger charge is -2.33. The van der Waals surface area contributed by atoms with Crippen molar-refractivity contribution in [1.82, 2.24) is 5.32 Å². The first kappa shape index (κ1) is 14.9. The molecule has 1 nitrogen and oxygen atoms in total. The highest BCUT2D eigenvalue weighted by Gasteiger charge is 2.29. The van der Waals surface area contributed by atoms with E-state index >= 15 is 0 Å². The number of aryl methyl sites for hydroxylation is 1. The zero-order valence-corrected chi connectivity index (χ0v) is 14.4. The van der Waals surface area contributed by atoms with E-state index in [0.29, 0.717) is 6.04 Å². The normalized spacial score (nSPS) is 28.1. The van der Waals surface area contributed by atoms with Crippen molar-refractivity contribution in [3.63, 3.8) is 0 Å². The van der Waals surface area contributed by atoms with Gasteiger partial charge in [0.1, 0.15) is 0 Å². The van der Waals surface area contributed by atoms with E-state index in [2.05, 4.69) is 48.3 Å². The largest absolute Gasteiger partial charge is 0.309 e. The Morgan fingerprint density at radius 1 is 1.40 bits per heavy atom. The minimum Gasteiger partial charge on any atom is -0.309 e. The Bertz CT molecular complexity index is 417. The van der Waals surface area contributed by atoms with Crippen molar-refractivity contribution < 1.29 is 0 Å². The summed E-state index contributed by atoms with van der Waals surface area (Å²) in [6.45, 7) is 5.78. The molecule has 0 amide bonds. The van der Waals surface area contributed by atoms with Gasteiger partial charge in [-0.2, -0.15) is 11.8 Å². The van der Waals surface area contributed by atoms with Crippen LogP contribution in [0.4, 0.5) is 0 Å². The minimum atomic E-state index is 0.614. The molecule has 3 unspecified atom stereocenters. The highest BCUT2D eigenvalue weighted by atomic mass is 32.2. The topological polar surface area (TPSA) is 12.0 Å². The Kier molecular flexibility index (Phi) is 5.11. The number of nitrogens with one attached hydrogen (secondary N) is 1. The summed E-state index contributed by atoms with van der Waals surface area (Å²) in [5.74, 6) is 4.33. The van der Waals surface area contributed by atoms with Crippen LogP contribution in [0.25, 0.3) is 0 Å². The highest BCUT2D eigenvalue weighted by Crippen LogP contribution is 2.41. The standard InChI is InChI=1S/C17H27NS2/c1-3-18-17(13-6-4-5-12(2)9-13)16-10-14-11-19-8-7-15(14)20-16/h10,12-13,17-18H,3-9,11H2,1-2H3. The van der Waals surface area contributed by atoms with Crippen LogP contribution in [0.5, 0.6) is 0 Å². The predicted molar refractivity (Wildman–Crippen MR) is 91.7 cm³/mol. The fraction of sp³-hybridized carbons (Fsp3) is 0.765. The van der Waals surface area contributed by atoms with Crippen molar-refractivity contribution in [2.75, 3.05) is 12.3 Å². The van der Waals surface area contributed by atoms with E-state index in [1.165, 1.54) is 43.6 Å². The molecule has 1 fully saturated rings. The first-order chi connectivity index (χ1) is 9.78. The molecule has 1 aromatic heterocycles. The molecule has 0 saturated heterocycles. The van der Waals surface area contributed by atoms with Gasteiger partial charge in [-0.25, -0.2) is 0 Å². The van der Waals surface area contributed by atoms with Gasteiger partial charge in [0, 0.05) is 21.5 Å². The molecule has 2 aliphatic rings. The number of thiophene rings is 1. The smallest absolute Gasteiger partial charge is 0.0443 e. The van der Waals surface area contributed by atoms with Gasteiger partial charge in [-0.15, -0.1) is 11.3 Å². The number of fused-ring (bicyclic) bond motifs is 1. The van der Waals surface area contributed by atoms with E-state index in [1.54, 1.807) is 15.3 Å². The summed E-state index contributed by atoms with van der Waals surface area (Å²) in [6.07, 6.45) is 6.99. The van der Waals surface area contributed by atoms with Crippen molar-refractivity contribution >= 4 is 23.1 Å². The van der Waals surface area contributed by atoms with Gasteiger partial charge in [-0.05, 0) is 55.0 Å². The van der Waals surface area contributed by atoms with Gasteiger partial charge in [-0.1, -0.05) is 26.7 Å². The summed E-state index contributed by atoms with van der Waals surface area (Å²) in [5, 5.41) is 3.80. The van der Waals surface area contributed by atoms with Crippen molar-refractivity contribution in [3.8, 4) is 0 Å². The van der Waals surface area contributed by atoms with Gasteiger partial charge < -0.3 is 5.32 Å². The second-order valence-corrected chi connectivity index (χ2v) is 8.74. The molecule has 3 rings (SSSR count). The predicted octanol–water partition coefficient (Wildman–Crippen LogP) is 5.01. The summed E-state index contributed by atoms with van der Waals surface area (Å²) in [6, 6.07) is 3.14. The zero-order valence-electron chi connectivity index (χ0n) is 12.8. The molecule has 112 valence electrons. The minimum absolute atomic E-state index is 0.614. The molecule has 0 bridgehead atoms. The first-order valence-electron chi connectivity index (χ1n) is 8.20. The monoisotopic (exact) mass is 309 g/mol. The number of hydrogen-bond acceptors (Lipinski definition) is 3. The molecule has 1 N–H and O–H groups in total. The Balaban J connectivity index is 1.80. The summed E-state index contributed by atoms with van der Waals surface area (Å²) >= 11 is 4.20. The third-order valence-corrected chi connectivity index (χ3v) is 7.15. The van der Waals surface area contributed by atoms with Crippen LogP contribution in [0.1, 0.15) is 60.9 Å². The molecule has 0 spiro atoms. The Labute approximate surface area is 131 Å². The molecule has 1 aliphatic heterocycles.